The third-order valence-electron chi connectivity index (χ3n) is 3.49. The molecule has 0 saturated carbocycles. The first kappa shape index (κ1) is 16.4. The number of carboxylic acids is 1. The molecule has 0 spiro atoms. The summed E-state index contributed by atoms with van der Waals surface area (Å²) in [7, 11) is -3.57. The number of carboxylic acid groups (broad SMARTS) is 1. The van der Waals surface area contributed by atoms with Gasteiger partial charge in [0.25, 0.3) is 10.2 Å². The van der Waals surface area contributed by atoms with Gasteiger partial charge in [-0.15, -0.1) is 0 Å². The molecule has 1 saturated heterocycles. The number of nitrogens with zero attached hydrogens (tertiary/aromatic N) is 1. The molecule has 8 heteroatoms. The molecule has 0 atom stereocenters. The average molecular weight is 377 g/mol. The molecule has 0 aliphatic carbocycles. The Balaban J connectivity index is 1.92. The minimum Gasteiger partial charge on any atom is -0.481 e. The molecule has 1 aromatic rings. The van der Waals surface area contributed by atoms with Gasteiger partial charge in [0, 0.05) is 24.1 Å². The highest BCUT2D eigenvalue weighted by molar-refractivity contribution is 9.10. The summed E-state index contributed by atoms with van der Waals surface area (Å²) in [5.74, 6) is -1.30. The molecule has 0 radical (unpaired) electrons. The zero-order chi connectivity index (χ0) is 15.5. The van der Waals surface area contributed by atoms with Crippen molar-refractivity contribution in [2.24, 2.45) is 5.92 Å². The van der Waals surface area contributed by atoms with Crippen LogP contribution >= 0.6 is 15.9 Å². The molecule has 1 aromatic carbocycles. The van der Waals surface area contributed by atoms with Gasteiger partial charge in [-0.25, -0.2) is 0 Å². The lowest BCUT2D eigenvalue weighted by atomic mass is 9.99. The van der Waals surface area contributed by atoms with Crippen molar-refractivity contribution in [3.05, 3.63) is 34.3 Å². The van der Waals surface area contributed by atoms with Crippen molar-refractivity contribution in [1.82, 2.24) is 9.03 Å². The molecule has 0 amide bonds. The quantitative estimate of drug-likeness (QED) is 0.816. The maximum Gasteiger partial charge on any atom is 0.306 e. The van der Waals surface area contributed by atoms with E-state index in [-0.39, 0.29) is 19.6 Å². The van der Waals surface area contributed by atoms with Crippen molar-refractivity contribution in [3.63, 3.8) is 0 Å². The van der Waals surface area contributed by atoms with Crippen LogP contribution in [0.3, 0.4) is 0 Å². The van der Waals surface area contributed by atoms with E-state index >= 15 is 0 Å². The Hall–Kier alpha value is -0.960. The van der Waals surface area contributed by atoms with E-state index in [2.05, 4.69) is 20.7 Å². The van der Waals surface area contributed by atoms with Crippen molar-refractivity contribution in [1.29, 1.82) is 0 Å². The van der Waals surface area contributed by atoms with E-state index < -0.39 is 22.1 Å². The Kier molecular flexibility index (Phi) is 5.37. The summed E-state index contributed by atoms with van der Waals surface area (Å²) in [6.45, 7) is 0.691. The maximum atomic E-state index is 12.2. The van der Waals surface area contributed by atoms with E-state index in [0.29, 0.717) is 12.8 Å². The summed E-state index contributed by atoms with van der Waals surface area (Å²) < 4.78 is 29.1. The number of rotatable bonds is 5. The topological polar surface area (TPSA) is 86.7 Å². The van der Waals surface area contributed by atoms with Gasteiger partial charge < -0.3 is 5.11 Å². The summed E-state index contributed by atoms with van der Waals surface area (Å²) in [5.41, 5.74) is 0.855. The largest absolute Gasteiger partial charge is 0.481 e. The zero-order valence-electron chi connectivity index (χ0n) is 11.3. The first-order valence-corrected chi connectivity index (χ1v) is 8.84. The fourth-order valence-electron chi connectivity index (χ4n) is 2.26. The van der Waals surface area contributed by atoms with Crippen LogP contribution in [0, 0.1) is 5.92 Å². The fraction of sp³-hybridized carbons (Fsp3) is 0.462. The van der Waals surface area contributed by atoms with Gasteiger partial charge in [-0.05, 0) is 30.5 Å². The second-order valence-electron chi connectivity index (χ2n) is 4.97. The van der Waals surface area contributed by atoms with E-state index in [1.54, 1.807) is 0 Å². The predicted octanol–water partition coefficient (Wildman–Crippen LogP) is 1.58. The molecular weight excluding hydrogens is 360 g/mol. The van der Waals surface area contributed by atoms with Crippen LogP contribution in [-0.4, -0.2) is 36.9 Å². The van der Waals surface area contributed by atoms with Gasteiger partial charge >= 0.3 is 5.97 Å². The second-order valence-corrected chi connectivity index (χ2v) is 7.64. The Labute approximate surface area is 132 Å². The molecule has 1 heterocycles. The first-order valence-electron chi connectivity index (χ1n) is 6.60. The lowest BCUT2D eigenvalue weighted by Gasteiger charge is -2.29. The van der Waals surface area contributed by atoms with E-state index in [1.807, 2.05) is 24.3 Å². The van der Waals surface area contributed by atoms with Crippen molar-refractivity contribution < 1.29 is 18.3 Å². The SMILES string of the molecule is O=C(O)C1CCN(S(=O)(=O)NCc2cccc(Br)c2)CC1. The lowest BCUT2D eigenvalue weighted by molar-refractivity contribution is -0.142. The fourth-order valence-corrected chi connectivity index (χ4v) is 3.93. The second kappa shape index (κ2) is 6.87. The summed E-state index contributed by atoms with van der Waals surface area (Å²) in [6, 6.07) is 7.39. The van der Waals surface area contributed by atoms with Crippen molar-refractivity contribution >= 4 is 32.1 Å². The number of nitrogens with one attached hydrogen (secondary N) is 1. The minimum absolute atomic E-state index is 0.209. The van der Waals surface area contributed by atoms with Crippen LogP contribution in [0.5, 0.6) is 0 Å². The summed E-state index contributed by atoms with van der Waals surface area (Å²) >= 11 is 3.34. The van der Waals surface area contributed by atoms with Crippen LogP contribution in [0.25, 0.3) is 0 Å². The van der Waals surface area contributed by atoms with Gasteiger partial charge in [-0.2, -0.15) is 17.4 Å². The lowest BCUT2D eigenvalue weighted by Crippen LogP contribution is -2.45. The van der Waals surface area contributed by atoms with Gasteiger partial charge in [0.15, 0.2) is 0 Å². The highest BCUT2D eigenvalue weighted by atomic mass is 79.9. The molecule has 0 aromatic heterocycles. The number of hydrogen-bond donors (Lipinski definition) is 2. The molecule has 0 bridgehead atoms. The van der Waals surface area contributed by atoms with E-state index in [9.17, 15) is 13.2 Å². The van der Waals surface area contributed by atoms with E-state index in [1.165, 1.54) is 4.31 Å². The third-order valence-corrected chi connectivity index (χ3v) is 5.54. The molecule has 116 valence electrons. The Morgan fingerprint density at radius 2 is 2.05 bits per heavy atom. The van der Waals surface area contributed by atoms with E-state index in [4.69, 9.17) is 5.11 Å². The van der Waals surface area contributed by atoms with Gasteiger partial charge in [0.05, 0.1) is 5.92 Å². The minimum atomic E-state index is -3.57. The van der Waals surface area contributed by atoms with Gasteiger partial charge in [0.2, 0.25) is 0 Å². The molecular formula is C13H17BrN2O4S. The number of piperidine rings is 1. The highest BCUT2D eigenvalue weighted by Crippen LogP contribution is 2.19. The average Bonchev–Trinajstić information content (AvgIpc) is 2.45. The van der Waals surface area contributed by atoms with Gasteiger partial charge in [0.1, 0.15) is 0 Å². The number of carbonyl (C=O) groups is 1. The number of halogens is 1. The van der Waals surface area contributed by atoms with Crippen molar-refractivity contribution in [3.8, 4) is 0 Å². The molecule has 2 rings (SSSR count). The third kappa shape index (κ3) is 4.50. The van der Waals surface area contributed by atoms with E-state index in [0.717, 1.165) is 10.0 Å². The Morgan fingerprint density at radius 3 is 2.62 bits per heavy atom. The van der Waals surface area contributed by atoms with Crippen LogP contribution in [0.15, 0.2) is 28.7 Å². The normalized spacial score (nSPS) is 17.8. The highest BCUT2D eigenvalue weighted by Gasteiger charge is 2.30. The molecule has 21 heavy (non-hydrogen) atoms. The van der Waals surface area contributed by atoms with Gasteiger partial charge in [-0.1, -0.05) is 28.1 Å². The van der Waals surface area contributed by atoms with Crippen molar-refractivity contribution in [2.75, 3.05) is 13.1 Å². The van der Waals surface area contributed by atoms with Crippen LogP contribution in [-0.2, 0) is 21.5 Å². The zero-order valence-corrected chi connectivity index (χ0v) is 13.7. The molecule has 6 nitrogen and oxygen atoms in total. The maximum absolute atomic E-state index is 12.2. The number of benzene rings is 1. The van der Waals surface area contributed by atoms with Gasteiger partial charge in [-0.3, -0.25) is 4.79 Å². The predicted molar refractivity (Wildman–Crippen MR) is 81.8 cm³/mol. The Bertz CT molecular complexity index is 612. The smallest absolute Gasteiger partial charge is 0.306 e. The molecule has 2 N–H and O–H groups in total. The summed E-state index contributed by atoms with van der Waals surface area (Å²) in [6.07, 6.45) is 0.709. The first-order chi connectivity index (χ1) is 9.88. The molecule has 1 fully saturated rings. The van der Waals surface area contributed by atoms with Crippen LogP contribution in [0.4, 0.5) is 0 Å². The summed E-state index contributed by atoms with van der Waals surface area (Å²) in [4.78, 5) is 10.9. The molecule has 1 aliphatic rings. The van der Waals surface area contributed by atoms with Crippen molar-refractivity contribution in [2.45, 2.75) is 19.4 Å². The summed E-state index contributed by atoms with van der Waals surface area (Å²) in [5, 5.41) is 8.92. The van der Waals surface area contributed by atoms with Crippen LogP contribution in [0.1, 0.15) is 18.4 Å². The number of aliphatic carboxylic acids is 1. The standard InChI is InChI=1S/C13H17BrN2O4S/c14-12-3-1-2-10(8-12)9-15-21(19,20)16-6-4-11(5-7-16)13(17)18/h1-3,8,11,15H,4-7,9H2,(H,17,18). The van der Waals surface area contributed by atoms with Crippen LogP contribution < -0.4 is 4.72 Å². The molecule has 1 aliphatic heterocycles. The monoisotopic (exact) mass is 376 g/mol. The van der Waals surface area contributed by atoms with Crippen LogP contribution in [0.2, 0.25) is 0 Å². The number of hydrogen-bond acceptors (Lipinski definition) is 3. The Morgan fingerprint density at radius 1 is 1.38 bits per heavy atom. The molecule has 0 unspecified atom stereocenters.